The van der Waals surface area contributed by atoms with Gasteiger partial charge in [-0.15, -0.1) is 0 Å². The number of hydrogen-bond acceptors (Lipinski definition) is 4. The molecule has 1 saturated carbocycles. The number of nitrogens with one attached hydrogen (secondary N) is 1. The molecule has 0 heterocycles. The second-order valence-corrected chi connectivity index (χ2v) is 12.0. The Morgan fingerprint density at radius 2 is 1.89 bits per heavy atom. The minimum Gasteiger partial charge on any atom is -0.468 e. The van der Waals surface area contributed by atoms with Gasteiger partial charge in [0.15, 0.2) is 8.32 Å². The third-order valence-corrected chi connectivity index (χ3v) is 8.98. The van der Waals surface area contributed by atoms with Gasteiger partial charge in [0.1, 0.15) is 0 Å². The SMILES string of the molecule is COC(=O)CNCC1(CO[Si](C)(C)C(C)(C)C)CC1. The van der Waals surface area contributed by atoms with Crippen LogP contribution in [0.25, 0.3) is 0 Å². The summed E-state index contributed by atoms with van der Waals surface area (Å²) in [5.41, 5.74) is 0.254. The summed E-state index contributed by atoms with van der Waals surface area (Å²) in [6.07, 6.45) is 2.38. The highest BCUT2D eigenvalue weighted by atomic mass is 28.4. The molecule has 5 heteroatoms. The molecule has 0 unspecified atom stereocenters. The maximum atomic E-state index is 11.1. The molecule has 1 aliphatic carbocycles. The first kappa shape index (κ1) is 16.7. The number of carbonyl (C=O) groups excluding carboxylic acids is 1. The average molecular weight is 287 g/mol. The van der Waals surface area contributed by atoms with Gasteiger partial charge in [0.25, 0.3) is 0 Å². The summed E-state index contributed by atoms with van der Waals surface area (Å²) in [4.78, 5) is 11.1. The van der Waals surface area contributed by atoms with E-state index in [9.17, 15) is 4.79 Å². The Kier molecular flexibility index (Phi) is 5.20. The van der Waals surface area contributed by atoms with Crippen molar-refractivity contribution in [2.45, 2.75) is 51.7 Å². The Morgan fingerprint density at radius 3 is 2.32 bits per heavy atom. The van der Waals surface area contributed by atoms with Gasteiger partial charge in [0, 0.05) is 18.6 Å². The van der Waals surface area contributed by atoms with Crippen LogP contribution in [-0.4, -0.2) is 41.1 Å². The highest BCUT2D eigenvalue weighted by Gasteiger charge is 2.46. The van der Waals surface area contributed by atoms with Gasteiger partial charge >= 0.3 is 5.97 Å². The van der Waals surface area contributed by atoms with Crippen LogP contribution in [0.4, 0.5) is 0 Å². The summed E-state index contributed by atoms with van der Waals surface area (Å²) < 4.78 is 10.9. The highest BCUT2D eigenvalue weighted by Crippen LogP contribution is 2.47. The van der Waals surface area contributed by atoms with E-state index in [0.717, 1.165) is 13.2 Å². The highest BCUT2D eigenvalue weighted by molar-refractivity contribution is 6.74. The first-order chi connectivity index (χ1) is 8.62. The van der Waals surface area contributed by atoms with Gasteiger partial charge in [0.2, 0.25) is 0 Å². The summed E-state index contributed by atoms with van der Waals surface area (Å²) >= 11 is 0. The standard InChI is InChI=1S/C14H29NO3Si/c1-13(2,3)19(5,6)18-11-14(7-8-14)10-15-9-12(16)17-4/h15H,7-11H2,1-6H3. The van der Waals surface area contributed by atoms with Gasteiger partial charge in [-0.3, -0.25) is 4.79 Å². The molecule has 0 aromatic heterocycles. The van der Waals surface area contributed by atoms with E-state index in [0.29, 0.717) is 6.54 Å². The molecule has 0 saturated heterocycles. The molecule has 0 bridgehead atoms. The Bertz CT molecular complexity index is 319. The number of hydrogen-bond donors (Lipinski definition) is 1. The van der Waals surface area contributed by atoms with Crippen LogP contribution in [0.15, 0.2) is 0 Å². The van der Waals surface area contributed by atoms with Crippen molar-refractivity contribution in [1.82, 2.24) is 5.32 Å². The second-order valence-electron chi connectivity index (χ2n) is 7.23. The average Bonchev–Trinajstić information content (AvgIpc) is 3.06. The van der Waals surface area contributed by atoms with Gasteiger partial charge in [-0.2, -0.15) is 0 Å². The Balaban J connectivity index is 2.34. The smallest absolute Gasteiger partial charge is 0.319 e. The van der Waals surface area contributed by atoms with E-state index in [4.69, 9.17) is 4.43 Å². The molecule has 0 aromatic rings. The maximum absolute atomic E-state index is 11.1. The summed E-state index contributed by atoms with van der Waals surface area (Å²) in [6, 6.07) is 0. The lowest BCUT2D eigenvalue weighted by atomic mass is 10.1. The minimum absolute atomic E-state index is 0.207. The number of carbonyl (C=O) groups is 1. The molecular weight excluding hydrogens is 258 g/mol. The van der Waals surface area contributed by atoms with Crippen LogP contribution in [-0.2, 0) is 14.0 Å². The molecule has 0 aromatic carbocycles. The van der Waals surface area contributed by atoms with Crippen LogP contribution >= 0.6 is 0 Å². The van der Waals surface area contributed by atoms with Crippen molar-refractivity contribution in [1.29, 1.82) is 0 Å². The van der Waals surface area contributed by atoms with Crippen molar-refractivity contribution in [3.05, 3.63) is 0 Å². The van der Waals surface area contributed by atoms with E-state index < -0.39 is 8.32 Å². The van der Waals surface area contributed by atoms with Gasteiger partial charge in [-0.25, -0.2) is 0 Å². The van der Waals surface area contributed by atoms with E-state index in [1.54, 1.807) is 0 Å². The molecule has 1 N–H and O–H groups in total. The third-order valence-electron chi connectivity index (χ3n) is 4.50. The van der Waals surface area contributed by atoms with Crippen molar-refractivity contribution in [2.75, 3.05) is 26.8 Å². The van der Waals surface area contributed by atoms with Crippen molar-refractivity contribution >= 4 is 14.3 Å². The summed E-state index contributed by atoms with van der Waals surface area (Å²) in [6.45, 7) is 13.3. The molecule has 19 heavy (non-hydrogen) atoms. The molecule has 0 radical (unpaired) electrons. The van der Waals surface area contributed by atoms with E-state index in [1.165, 1.54) is 20.0 Å². The molecule has 0 aliphatic heterocycles. The Hall–Kier alpha value is -0.393. The second kappa shape index (κ2) is 5.93. The topological polar surface area (TPSA) is 47.6 Å². The molecule has 0 atom stereocenters. The monoisotopic (exact) mass is 287 g/mol. The van der Waals surface area contributed by atoms with Gasteiger partial charge in [0.05, 0.1) is 13.7 Å². The number of rotatable bonds is 7. The van der Waals surface area contributed by atoms with Crippen LogP contribution in [0.2, 0.25) is 18.1 Å². The zero-order chi connectivity index (χ0) is 14.7. The van der Waals surface area contributed by atoms with Crippen LogP contribution in [0.1, 0.15) is 33.6 Å². The fraction of sp³-hybridized carbons (Fsp3) is 0.929. The predicted octanol–water partition coefficient (Wildman–Crippen LogP) is 2.55. The van der Waals surface area contributed by atoms with Gasteiger partial charge < -0.3 is 14.5 Å². The minimum atomic E-state index is -1.66. The Labute approximate surface area is 118 Å². The lowest BCUT2D eigenvalue weighted by molar-refractivity contribution is -0.139. The largest absolute Gasteiger partial charge is 0.468 e. The fourth-order valence-electron chi connectivity index (χ4n) is 1.60. The molecule has 1 fully saturated rings. The molecule has 1 aliphatic rings. The van der Waals surface area contributed by atoms with Gasteiger partial charge in [-0.05, 0) is 31.0 Å². The molecule has 112 valence electrons. The number of ether oxygens (including phenoxy) is 1. The van der Waals surface area contributed by atoms with E-state index in [-0.39, 0.29) is 16.4 Å². The predicted molar refractivity (Wildman–Crippen MR) is 79.7 cm³/mol. The first-order valence-electron chi connectivity index (χ1n) is 7.03. The summed E-state index contributed by atoms with van der Waals surface area (Å²) in [5.74, 6) is -0.207. The van der Waals surface area contributed by atoms with E-state index >= 15 is 0 Å². The molecule has 0 amide bonds. The van der Waals surface area contributed by atoms with Crippen LogP contribution in [0.5, 0.6) is 0 Å². The van der Waals surface area contributed by atoms with Crippen LogP contribution in [0, 0.1) is 5.41 Å². The summed E-state index contributed by atoms with van der Waals surface area (Å²) in [7, 11) is -0.248. The zero-order valence-electron chi connectivity index (χ0n) is 13.3. The normalized spacial score (nSPS) is 18.2. The molecule has 0 spiro atoms. The quantitative estimate of drug-likeness (QED) is 0.577. The Morgan fingerprint density at radius 1 is 1.32 bits per heavy atom. The van der Waals surface area contributed by atoms with E-state index in [1.807, 2.05) is 0 Å². The maximum Gasteiger partial charge on any atom is 0.319 e. The lowest BCUT2D eigenvalue weighted by Crippen LogP contribution is -2.43. The van der Waals surface area contributed by atoms with Crippen molar-refractivity contribution < 1.29 is 14.0 Å². The van der Waals surface area contributed by atoms with Gasteiger partial charge in [-0.1, -0.05) is 20.8 Å². The van der Waals surface area contributed by atoms with Crippen molar-refractivity contribution in [2.24, 2.45) is 5.41 Å². The van der Waals surface area contributed by atoms with E-state index in [2.05, 4.69) is 43.9 Å². The molecular formula is C14H29NO3Si. The fourth-order valence-corrected chi connectivity index (χ4v) is 2.70. The number of methoxy groups -OCH3 is 1. The lowest BCUT2D eigenvalue weighted by Gasteiger charge is -2.37. The number of esters is 1. The van der Waals surface area contributed by atoms with Crippen molar-refractivity contribution in [3.8, 4) is 0 Å². The summed E-state index contributed by atoms with van der Waals surface area (Å²) in [5, 5.41) is 3.43. The molecule has 1 rings (SSSR count). The molecule has 4 nitrogen and oxygen atoms in total. The van der Waals surface area contributed by atoms with Crippen molar-refractivity contribution in [3.63, 3.8) is 0 Å². The first-order valence-corrected chi connectivity index (χ1v) is 9.94. The third kappa shape index (κ3) is 4.89. The van der Waals surface area contributed by atoms with Crippen LogP contribution in [0.3, 0.4) is 0 Å². The zero-order valence-corrected chi connectivity index (χ0v) is 14.3. The van der Waals surface area contributed by atoms with Crippen LogP contribution < -0.4 is 5.32 Å².